The number of nitrogens with two attached hydrogens (primary N) is 1. The summed E-state index contributed by atoms with van der Waals surface area (Å²) in [5, 5.41) is 10.6. The third-order valence-electron chi connectivity index (χ3n) is 4.87. The van der Waals surface area contributed by atoms with Crippen LogP contribution in [0.5, 0.6) is 11.5 Å². The summed E-state index contributed by atoms with van der Waals surface area (Å²) >= 11 is 0. The third-order valence-corrected chi connectivity index (χ3v) is 4.87. The summed E-state index contributed by atoms with van der Waals surface area (Å²) in [7, 11) is 3.25. The number of para-hydroxylation sites is 2. The number of hydrogen-bond acceptors (Lipinski definition) is 6. The van der Waals surface area contributed by atoms with Crippen LogP contribution in [0.4, 0.5) is 11.6 Å². The molecule has 0 saturated carbocycles. The monoisotopic (exact) mass is 362 g/mol. The highest BCUT2D eigenvalue weighted by Gasteiger charge is 2.32. The number of nitrogens with one attached hydrogen (secondary N) is 2. The van der Waals surface area contributed by atoms with Gasteiger partial charge in [0, 0.05) is 0 Å². The van der Waals surface area contributed by atoms with E-state index in [0.717, 1.165) is 28.0 Å². The number of fused-ring (bicyclic) bond motifs is 5. The lowest BCUT2D eigenvalue weighted by Crippen LogP contribution is -2.25. The van der Waals surface area contributed by atoms with E-state index in [-0.39, 0.29) is 6.17 Å². The highest BCUT2D eigenvalue weighted by Crippen LogP contribution is 2.43. The topological polar surface area (TPSA) is 103 Å². The molecule has 1 aliphatic heterocycles. The van der Waals surface area contributed by atoms with E-state index >= 15 is 0 Å². The number of aromatic nitrogens is 4. The molecule has 0 fully saturated rings. The van der Waals surface area contributed by atoms with Gasteiger partial charge in [0.25, 0.3) is 0 Å². The maximum absolute atomic E-state index is 6.12. The lowest BCUT2D eigenvalue weighted by molar-refractivity contribution is 0.354. The van der Waals surface area contributed by atoms with Crippen molar-refractivity contribution in [1.29, 1.82) is 0 Å². The molecule has 1 atom stereocenters. The van der Waals surface area contributed by atoms with Gasteiger partial charge in [-0.25, -0.2) is 4.98 Å². The van der Waals surface area contributed by atoms with Crippen molar-refractivity contribution in [2.75, 3.05) is 25.3 Å². The normalized spacial score (nSPS) is 15.1. The number of nitrogen functional groups attached to an aromatic ring is 1. The summed E-state index contributed by atoms with van der Waals surface area (Å²) in [5.41, 5.74) is 9.79. The number of benzene rings is 2. The van der Waals surface area contributed by atoms with Crippen LogP contribution in [0.25, 0.3) is 22.4 Å². The molecule has 27 heavy (non-hydrogen) atoms. The highest BCUT2D eigenvalue weighted by atomic mass is 16.5. The molecule has 8 heteroatoms. The van der Waals surface area contributed by atoms with Crippen LogP contribution in [0, 0.1) is 0 Å². The van der Waals surface area contributed by atoms with Crippen molar-refractivity contribution in [2.24, 2.45) is 0 Å². The van der Waals surface area contributed by atoms with Gasteiger partial charge >= 0.3 is 0 Å². The highest BCUT2D eigenvalue weighted by molar-refractivity contribution is 5.89. The fraction of sp³-hybridized carbons (Fsp3) is 0.158. The largest absolute Gasteiger partial charge is 0.493 e. The van der Waals surface area contributed by atoms with E-state index in [9.17, 15) is 0 Å². The van der Waals surface area contributed by atoms with Gasteiger partial charge in [-0.3, -0.25) is 9.67 Å². The van der Waals surface area contributed by atoms with Gasteiger partial charge in [0.15, 0.2) is 23.1 Å². The number of rotatable bonds is 3. The molecule has 0 amide bonds. The average molecular weight is 362 g/mol. The lowest BCUT2D eigenvalue weighted by atomic mass is 10.1. The van der Waals surface area contributed by atoms with E-state index in [1.807, 2.05) is 42.5 Å². The van der Waals surface area contributed by atoms with Crippen LogP contribution in [0.1, 0.15) is 11.7 Å². The van der Waals surface area contributed by atoms with Gasteiger partial charge < -0.3 is 20.5 Å². The number of hydrogen-bond donors (Lipinski definition) is 3. The van der Waals surface area contributed by atoms with Crippen molar-refractivity contribution < 1.29 is 9.47 Å². The van der Waals surface area contributed by atoms with E-state index in [2.05, 4.69) is 20.1 Å². The molecule has 4 N–H and O–H groups in total. The molecule has 0 aliphatic carbocycles. The average Bonchev–Trinajstić information content (AvgIpc) is 3.27. The Labute approximate surface area is 154 Å². The minimum Gasteiger partial charge on any atom is -0.493 e. The summed E-state index contributed by atoms with van der Waals surface area (Å²) in [6, 6.07) is 13.8. The zero-order valence-corrected chi connectivity index (χ0v) is 14.9. The Bertz CT molecular complexity index is 1160. The molecule has 3 heterocycles. The SMILES string of the molecule is COc1ccc(C2Nc3n[nH]c(N)c3-c3nc4ccccc4n32)cc1OC. The van der Waals surface area contributed by atoms with Gasteiger partial charge in [0.1, 0.15) is 17.5 Å². The second kappa shape index (κ2) is 5.66. The second-order valence-corrected chi connectivity index (χ2v) is 6.32. The molecular formula is C19H18N6O2. The fourth-order valence-corrected chi connectivity index (χ4v) is 3.62. The van der Waals surface area contributed by atoms with Gasteiger partial charge in [0.05, 0.1) is 25.3 Å². The molecule has 0 radical (unpaired) electrons. The van der Waals surface area contributed by atoms with Crippen molar-refractivity contribution in [1.82, 2.24) is 19.7 Å². The summed E-state index contributed by atoms with van der Waals surface area (Å²) in [5.74, 6) is 3.28. The second-order valence-electron chi connectivity index (χ2n) is 6.32. The third kappa shape index (κ3) is 2.16. The van der Waals surface area contributed by atoms with Crippen LogP contribution in [-0.2, 0) is 0 Å². The van der Waals surface area contributed by atoms with E-state index in [0.29, 0.717) is 23.1 Å². The Hall–Kier alpha value is -3.68. The van der Waals surface area contributed by atoms with Gasteiger partial charge in [-0.05, 0) is 29.8 Å². The van der Waals surface area contributed by atoms with Crippen molar-refractivity contribution in [3.8, 4) is 22.9 Å². The Kier molecular flexibility index (Phi) is 3.27. The molecule has 0 saturated heterocycles. The molecule has 2 aromatic carbocycles. The zero-order chi connectivity index (χ0) is 18.5. The smallest absolute Gasteiger partial charge is 0.162 e. The number of methoxy groups -OCH3 is 2. The van der Waals surface area contributed by atoms with Crippen LogP contribution in [0.15, 0.2) is 42.5 Å². The van der Waals surface area contributed by atoms with Crippen molar-refractivity contribution in [3.63, 3.8) is 0 Å². The van der Waals surface area contributed by atoms with Gasteiger partial charge in [-0.15, -0.1) is 0 Å². The molecule has 1 unspecified atom stereocenters. The van der Waals surface area contributed by atoms with Crippen LogP contribution >= 0.6 is 0 Å². The summed E-state index contributed by atoms with van der Waals surface area (Å²) < 4.78 is 13.0. The van der Waals surface area contributed by atoms with E-state index < -0.39 is 0 Å². The minimum absolute atomic E-state index is 0.220. The molecule has 8 nitrogen and oxygen atoms in total. The minimum atomic E-state index is -0.220. The summed E-state index contributed by atoms with van der Waals surface area (Å²) in [4.78, 5) is 4.81. The molecule has 4 aromatic rings. The first kappa shape index (κ1) is 15.6. The Morgan fingerprint density at radius 1 is 1.07 bits per heavy atom. The maximum atomic E-state index is 6.12. The predicted molar refractivity (Wildman–Crippen MR) is 103 cm³/mol. The molecular weight excluding hydrogens is 344 g/mol. The molecule has 2 aromatic heterocycles. The Morgan fingerprint density at radius 2 is 1.89 bits per heavy atom. The van der Waals surface area contributed by atoms with Crippen molar-refractivity contribution >= 4 is 22.7 Å². The number of ether oxygens (including phenoxy) is 2. The molecule has 1 aliphatic rings. The lowest BCUT2D eigenvalue weighted by Gasteiger charge is -2.28. The quantitative estimate of drug-likeness (QED) is 0.518. The van der Waals surface area contributed by atoms with Gasteiger partial charge in [-0.2, -0.15) is 5.10 Å². The van der Waals surface area contributed by atoms with Gasteiger partial charge in [0.2, 0.25) is 0 Å². The number of anilines is 2. The molecule has 5 rings (SSSR count). The zero-order valence-electron chi connectivity index (χ0n) is 14.9. The van der Waals surface area contributed by atoms with Crippen LogP contribution in [0.3, 0.4) is 0 Å². The first-order valence-corrected chi connectivity index (χ1v) is 8.51. The first-order valence-electron chi connectivity index (χ1n) is 8.51. The molecule has 0 spiro atoms. The van der Waals surface area contributed by atoms with E-state index in [4.69, 9.17) is 20.2 Å². The number of aromatic amines is 1. The number of imidazole rings is 1. The van der Waals surface area contributed by atoms with E-state index in [1.54, 1.807) is 14.2 Å². The standard InChI is InChI=1S/C19H18N6O2/c1-26-13-8-7-10(9-14(13)27-2)18-22-17-15(16(20)23-24-17)19-21-11-5-3-4-6-12(11)25(18)19/h3-9,18H,1-2H3,(H4,20,22,23,24). The van der Waals surface area contributed by atoms with E-state index in [1.165, 1.54) is 0 Å². The van der Waals surface area contributed by atoms with Crippen LogP contribution in [-0.4, -0.2) is 34.0 Å². The Morgan fingerprint density at radius 3 is 2.70 bits per heavy atom. The summed E-state index contributed by atoms with van der Waals surface area (Å²) in [6.45, 7) is 0. The molecule has 136 valence electrons. The predicted octanol–water partition coefficient (Wildman–Crippen LogP) is 3.00. The van der Waals surface area contributed by atoms with Crippen molar-refractivity contribution in [3.05, 3.63) is 48.0 Å². The Balaban J connectivity index is 1.76. The maximum Gasteiger partial charge on any atom is 0.162 e. The first-order chi connectivity index (χ1) is 13.2. The number of nitrogens with zero attached hydrogens (tertiary/aromatic N) is 3. The molecule has 0 bridgehead atoms. The fourth-order valence-electron chi connectivity index (χ4n) is 3.62. The number of H-pyrrole nitrogens is 1. The van der Waals surface area contributed by atoms with Crippen molar-refractivity contribution in [2.45, 2.75) is 6.17 Å². The van der Waals surface area contributed by atoms with Crippen LogP contribution in [0.2, 0.25) is 0 Å². The van der Waals surface area contributed by atoms with Gasteiger partial charge in [-0.1, -0.05) is 18.2 Å². The van der Waals surface area contributed by atoms with Crippen LogP contribution < -0.4 is 20.5 Å². The summed E-state index contributed by atoms with van der Waals surface area (Å²) in [6.07, 6.45) is -0.220.